The van der Waals surface area contributed by atoms with Gasteiger partial charge in [0, 0.05) is 6.04 Å². The molecule has 0 aromatic carbocycles. The molecule has 1 fully saturated rings. The topological polar surface area (TPSA) is 40.5 Å². The maximum atomic E-state index is 10.6. The van der Waals surface area contributed by atoms with Crippen molar-refractivity contribution in [1.82, 2.24) is 4.90 Å². The Bertz CT molecular complexity index is 225. The van der Waals surface area contributed by atoms with Gasteiger partial charge in [-0.05, 0) is 31.2 Å². The van der Waals surface area contributed by atoms with E-state index in [1.807, 2.05) is 11.9 Å². The summed E-state index contributed by atoms with van der Waals surface area (Å²) in [5.74, 6) is -0.126. The molecule has 0 aromatic heterocycles. The van der Waals surface area contributed by atoms with Crippen molar-refractivity contribution in [1.29, 1.82) is 0 Å². The summed E-state index contributed by atoms with van der Waals surface area (Å²) in [6.45, 7) is 6.90. The molecule has 0 saturated heterocycles. The van der Waals surface area contributed by atoms with Crippen molar-refractivity contribution in [2.75, 3.05) is 13.6 Å². The summed E-state index contributed by atoms with van der Waals surface area (Å²) in [4.78, 5) is 12.6. The van der Waals surface area contributed by atoms with Gasteiger partial charge in [0.25, 0.3) is 0 Å². The molecule has 0 spiro atoms. The Kier molecular flexibility index (Phi) is 3.20. The Morgan fingerprint density at radius 1 is 1.50 bits per heavy atom. The van der Waals surface area contributed by atoms with Gasteiger partial charge in [0.15, 0.2) is 0 Å². The monoisotopic (exact) mass is 199 g/mol. The Balaban J connectivity index is 2.57. The molecular formula is C11H21NO2. The molecule has 1 rings (SSSR count). The minimum absolute atomic E-state index is 0.158. The molecule has 82 valence electrons. The van der Waals surface area contributed by atoms with Crippen LogP contribution in [0.5, 0.6) is 0 Å². The van der Waals surface area contributed by atoms with E-state index in [0.717, 1.165) is 6.42 Å². The quantitative estimate of drug-likeness (QED) is 0.754. The molecule has 14 heavy (non-hydrogen) atoms. The fraction of sp³-hybridized carbons (Fsp3) is 0.909. The van der Waals surface area contributed by atoms with Crippen molar-refractivity contribution in [3.63, 3.8) is 0 Å². The summed E-state index contributed by atoms with van der Waals surface area (Å²) in [7, 11) is 1.91. The molecule has 1 aliphatic rings. The van der Waals surface area contributed by atoms with Crippen LogP contribution < -0.4 is 0 Å². The Labute approximate surface area is 86.1 Å². The van der Waals surface area contributed by atoms with Crippen LogP contribution in [0.1, 0.15) is 33.6 Å². The van der Waals surface area contributed by atoms with Gasteiger partial charge in [-0.3, -0.25) is 9.69 Å². The van der Waals surface area contributed by atoms with E-state index >= 15 is 0 Å². The van der Waals surface area contributed by atoms with Gasteiger partial charge in [0.1, 0.15) is 0 Å². The molecule has 3 heteroatoms. The minimum Gasteiger partial charge on any atom is -0.480 e. The first kappa shape index (κ1) is 11.5. The number of carboxylic acid groups (broad SMARTS) is 1. The van der Waals surface area contributed by atoms with Crippen molar-refractivity contribution in [2.45, 2.75) is 39.7 Å². The van der Waals surface area contributed by atoms with Gasteiger partial charge in [0.2, 0.25) is 0 Å². The highest BCUT2D eigenvalue weighted by Gasteiger charge is 2.38. The number of carbonyl (C=O) groups is 1. The Morgan fingerprint density at radius 2 is 2.07 bits per heavy atom. The molecule has 2 atom stereocenters. The Hall–Kier alpha value is -0.570. The number of nitrogens with zero attached hydrogens (tertiary/aromatic N) is 1. The summed E-state index contributed by atoms with van der Waals surface area (Å²) in [6.07, 6.45) is 2.31. The fourth-order valence-corrected chi connectivity index (χ4v) is 2.78. The zero-order valence-electron chi connectivity index (χ0n) is 9.58. The van der Waals surface area contributed by atoms with Gasteiger partial charge in [-0.1, -0.05) is 20.8 Å². The number of likely N-dealkylation sites (N-methyl/N-ethyl adjacent to an activating group) is 1. The lowest BCUT2D eigenvalue weighted by atomic mass is 9.91. The first-order valence-electron chi connectivity index (χ1n) is 5.24. The van der Waals surface area contributed by atoms with E-state index in [4.69, 9.17) is 5.11 Å². The lowest BCUT2D eigenvalue weighted by Crippen LogP contribution is -2.37. The number of rotatable bonds is 3. The van der Waals surface area contributed by atoms with Crippen LogP contribution in [0.2, 0.25) is 0 Å². The van der Waals surface area contributed by atoms with Crippen molar-refractivity contribution < 1.29 is 9.90 Å². The molecule has 0 aliphatic heterocycles. The van der Waals surface area contributed by atoms with Crippen LogP contribution in [0.4, 0.5) is 0 Å². The normalized spacial score (nSPS) is 30.9. The first-order chi connectivity index (χ1) is 6.32. The highest BCUT2D eigenvalue weighted by atomic mass is 16.4. The SMILES string of the molecule is CC1CC(C)(C)CC1N(C)CC(=O)O. The average molecular weight is 199 g/mol. The maximum absolute atomic E-state index is 10.6. The molecule has 0 bridgehead atoms. The van der Waals surface area contributed by atoms with Crippen LogP contribution in [0.25, 0.3) is 0 Å². The average Bonchev–Trinajstić information content (AvgIpc) is 2.23. The maximum Gasteiger partial charge on any atom is 0.317 e. The highest BCUT2D eigenvalue weighted by molar-refractivity contribution is 5.69. The molecular weight excluding hydrogens is 178 g/mol. The van der Waals surface area contributed by atoms with Crippen molar-refractivity contribution in [3.8, 4) is 0 Å². The zero-order valence-corrected chi connectivity index (χ0v) is 9.58. The molecule has 0 heterocycles. The molecule has 1 N–H and O–H groups in total. The van der Waals surface area contributed by atoms with Crippen LogP contribution in [0.15, 0.2) is 0 Å². The second-order valence-corrected chi connectivity index (χ2v) is 5.43. The number of aliphatic carboxylic acids is 1. The largest absolute Gasteiger partial charge is 0.480 e. The molecule has 0 aromatic rings. The van der Waals surface area contributed by atoms with Gasteiger partial charge < -0.3 is 5.11 Å². The smallest absolute Gasteiger partial charge is 0.317 e. The summed E-state index contributed by atoms with van der Waals surface area (Å²) in [5, 5.41) is 8.72. The summed E-state index contributed by atoms with van der Waals surface area (Å²) in [5.41, 5.74) is 0.372. The first-order valence-corrected chi connectivity index (χ1v) is 5.24. The van der Waals surface area contributed by atoms with E-state index < -0.39 is 5.97 Å². The molecule has 2 unspecified atom stereocenters. The van der Waals surface area contributed by atoms with E-state index in [0.29, 0.717) is 17.4 Å². The van der Waals surface area contributed by atoms with E-state index in [2.05, 4.69) is 20.8 Å². The van der Waals surface area contributed by atoms with E-state index in [1.165, 1.54) is 6.42 Å². The second kappa shape index (κ2) is 3.89. The van der Waals surface area contributed by atoms with Gasteiger partial charge in [0.05, 0.1) is 6.54 Å². The predicted molar refractivity (Wildman–Crippen MR) is 56.2 cm³/mol. The third-order valence-electron chi connectivity index (χ3n) is 3.24. The van der Waals surface area contributed by atoms with Crippen molar-refractivity contribution in [2.24, 2.45) is 11.3 Å². The number of carboxylic acids is 1. The third kappa shape index (κ3) is 2.71. The Morgan fingerprint density at radius 3 is 2.43 bits per heavy atom. The zero-order chi connectivity index (χ0) is 10.9. The van der Waals surface area contributed by atoms with E-state index in [-0.39, 0.29) is 6.54 Å². The van der Waals surface area contributed by atoms with Crippen LogP contribution in [0.3, 0.4) is 0 Å². The van der Waals surface area contributed by atoms with Gasteiger partial charge in [-0.25, -0.2) is 0 Å². The second-order valence-electron chi connectivity index (χ2n) is 5.43. The van der Waals surface area contributed by atoms with Crippen LogP contribution in [0, 0.1) is 11.3 Å². The van der Waals surface area contributed by atoms with Gasteiger partial charge in [-0.15, -0.1) is 0 Å². The molecule has 0 radical (unpaired) electrons. The lowest BCUT2D eigenvalue weighted by Gasteiger charge is -2.26. The molecule has 1 saturated carbocycles. The number of hydrogen-bond donors (Lipinski definition) is 1. The predicted octanol–water partition coefficient (Wildman–Crippen LogP) is 1.83. The summed E-state index contributed by atoms with van der Waals surface area (Å²) >= 11 is 0. The minimum atomic E-state index is -0.732. The van der Waals surface area contributed by atoms with Crippen molar-refractivity contribution in [3.05, 3.63) is 0 Å². The molecule has 0 amide bonds. The lowest BCUT2D eigenvalue weighted by molar-refractivity contribution is -0.138. The standard InChI is InChI=1S/C11H21NO2/c1-8-5-11(2,3)6-9(8)12(4)7-10(13)14/h8-9H,5-7H2,1-4H3,(H,13,14). The molecule has 1 aliphatic carbocycles. The molecule has 3 nitrogen and oxygen atoms in total. The van der Waals surface area contributed by atoms with E-state index in [1.54, 1.807) is 0 Å². The fourth-order valence-electron chi connectivity index (χ4n) is 2.78. The van der Waals surface area contributed by atoms with Crippen LogP contribution in [-0.4, -0.2) is 35.6 Å². The van der Waals surface area contributed by atoms with Crippen LogP contribution >= 0.6 is 0 Å². The van der Waals surface area contributed by atoms with E-state index in [9.17, 15) is 4.79 Å². The number of hydrogen-bond acceptors (Lipinski definition) is 2. The van der Waals surface area contributed by atoms with Crippen LogP contribution in [-0.2, 0) is 4.79 Å². The van der Waals surface area contributed by atoms with Gasteiger partial charge >= 0.3 is 5.97 Å². The van der Waals surface area contributed by atoms with Gasteiger partial charge in [-0.2, -0.15) is 0 Å². The summed E-state index contributed by atoms with van der Waals surface area (Å²) in [6, 6.07) is 0.432. The highest BCUT2D eigenvalue weighted by Crippen LogP contribution is 2.42. The third-order valence-corrected chi connectivity index (χ3v) is 3.24. The van der Waals surface area contributed by atoms with Crippen molar-refractivity contribution >= 4 is 5.97 Å². The summed E-state index contributed by atoms with van der Waals surface area (Å²) < 4.78 is 0.